The van der Waals surface area contributed by atoms with E-state index in [9.17, 15) is 4.79 Å². The van der Waals surface area contributed by atoms with Gasteiger partial charge in [-0.05, 0) is 43.9 Å². The highest BCUT2D eigenvalue weighted by atomic mass is 35.5. The van der Waals surface area contributed by atoms with Gasteiger partial charge in [0.1, 0.15) is 11.5 Å². The number of carbonyl (C=O) groups excluding carboxylic acids is 1. The van der Waals surface area contributed by atoms with Crippen LogP contribution in [0.15, 0.2) is 36.7 Å². The zero-order valence-electron chi connectivity index (χ0n) is 15.3. The molecule has 1 atom stereocenters. The second kappa shape index (κ2) is 8.86. The maximum absolute atomic E-state index is 11.0. The Kier molecular flexibility index (Phi) is 6.29. The highest BCUT2D eigenvalue weighted by Gasteiger charge is 2.22. The number of rotatable bonds is 8. The van der Waals surface area contributed by atoms with E-state index in [1.165, 1.54) is 26.0 Å². The third kappa shape index (κ3) is 6.25. The molecule has 3 rings (SSSR count). The zero-order chi connectivity index (χ0) is 19.2. The van der Waals surface area contributed by atoms with Crippen LogP contribution in [-0.2, 0) is 4.79 Å². The van der Waals surface area contributed by atoms with Crippen LogP contribution in [0.5, 0.6) is 17.4 Å². The molecule has 1 aliphatic rings. The van der Waals surface area contributed by atoms with E-state index < -0.39 is 0 Å². The molecule has 27 heavy (non-hydrogen) atoms. The molecule has 1 aromatic carbocycles. The standard InChI is InChI=1S/C20H22ClN3O3/c1-13(24-14(2)25)3-6-16-10-23-20(11-22-16)27-17-7-8-19(18(21)9-17)26-12-15-4-5-15/h3,6-11,13,15H,4-5,12H2,1-2H3,(H,24,25)/b6-3+/t13-/m0/s1. The summed E-state index contributed by atoms with van der Waals surface area (Å²) in [4.78, 5) is 19.5. The summed E-state index contributed by atoms with van der Waals surface area (Å²) in [7, 11) is 0. The van der Waals surface area contributed by atoms with Crippen molar-refractivity contribution >= 4 is 23.6 Å². The van der Waals surface area contributed by atoms with Crippen molar-refractivity contribution in [3.63, 3.8) is 0 Å². The Morgan fingerprint density at radius 3 is 2.81 bits per heavy atom. The van der Waals surface area contributed by atoms with Crippen molar-refractivity contribution in [2.45, 2.75) is 32.7 Å². The first-order valence-electron chi connectivity index (χ1n) is 8.87. The number of benzene rings is 1. The molecule has 1 heterocycles. The fourth-order valence-electron chi connectivity index (χ4n) is 2.35. The van der Waals surface area contributed by atoms with Crippen LogP contribution in [0.25, 0.3) is 6.08 Å². The van der Waals surface area contributed by atoms with Gasteiger partial charge in [0, 0.05) is 19.0 Å². The fourth-order valence-corrected chi connectivity index (χ4v) is 2.58. The molecule has 6 nitrogen and oxygen atoms in total. The van der Waals surface area contributed by atoms with Gasteiger partial charge in [0.25, 0.3) is 0 Å². The van der Waals surface area contributed by atoms with Gasteiger partial charge < -0.3 is 14.8 Å². The van der Waals surface area contributed by atoms with Gasteiger partial charge in [-0.15, -0.1) is 0 Å². The number of halogens is 1. The summed E-state index contributed by atoms with van der Waals surface area (Å²) in [6.45, 7) is 4.07. The molecule has 0 bridgehead atoms. The number of hydrogen-bond acceptors (Lipinski definition) is 5. The second-order valence-electron chi connectivity index (χ2n) is 6.58. The third-order valence-corrected chi connectivity index (χ3v) is 4.23. The first-order valence-corrected chi connectivity index (χ1v) is 9.25. The van der Waals surface area contributed by atoms with E-state index in [2.05, 4.69) is 15.3 Å². The lowest BCUT2D eigenvalue weighted by molar-refractivity contribution is -0.119. The van der Waals surface area contributed by atoms with E-state index in [-0.39, 0.29) is 11.9 Å². The fraction of sp³-hybridized carbons (Fsp3) is 0.350. The first-order chi connectivity index (χ1) is 13.0. The van der Waals surface area contributed by atoms with Crippen molar-refractivity contribution in [1.29, 1.82) is 0 Å². The lowest BCUT2D eigenvalue weighted by Gasteiger charge is -2.09. The summed E-state index contributed by atoms with van der Waals surface area (Å²) in [5.41, 5.74) is 0.668. The number of nitrogens with zero attached hydrogens (tertiary/aromatic N) is 2. The Balaban J connectivity index is 1.56. The lowest BCUT2D eigenvalue weighted by atomic mass is 10.2. The van der Waals surface area contributed by atoms with Crippen LogP contribution >= 0.6 is 11.6 Å². The maximum atomic E-state index is 11.0. The molecule has 2 aromatic rings. The SMILES string of the molecule is CC(=O)N[C@@H](C)/C=C/c1cnc(Oc2ccc(OCC3CC3)c(Cl)c2)cn1. The largest absolute Gasteiger partial charge is 0.492 e. The quantitative estimate of drug-likeness (QED) is 0.733. The minimum Gasteiger partial charge on any atom is -0.492 e. The molecule has 1 amide bonds. The highest BCUT2D eigenvalue weighted by Crippen LogP contribution is 2.34. The van der Waals surface area contributed by atoms with Crippen molar-refractivity contribution < 1.29 is 14.3 Å². The molecule has 1 fully saturated rings. The van der Waals surface area contributed by atoms with Gasteiger partial charge in [0.2, 0.25) is 11.8 Å². The van der Waals surface area contributed by atoms with Crippen molar-refractivity contribution in [2.24, 2.45) is 5.92 Å². The summed E-state index contributed by atoms with van der Waals surface area (Å²) in [5.74, 6) is 2.18. The summed E-state index contributed by atoms with van der Waals surface area (Å²) in [5, 5.41) is 3.27. The predicted molar refractivity (Wildman–Crippen MR) is 104 cm³/mol. The van der Waals surface area contributed by atoms with Crippen LogP contribution in [-0.4, -0.2) is 28.5 Å². The van der Waals surface area contributed by atoms with Crippen LogP contribution in [0.4, 0.5) is 0 Å². The molecular weight excluding hydrogens is 366 g/mol. The number of nitrogens with one attached hydrogen (secondary N) is 1. The number of hydrogen-bond donors (Lipinski definition) is 1. The Morgan fingerprint density at radius 1 is 1.37 bits per heavy atom. The van der Waals surface area contributed by atoms with E-state index in [0.717, 1.165) is 0 Å². The maximum Gasteiger partial charge on any atom is 0.237 e. The summed E-state index contributed by atoms with van der Waals surface area (Å²) < 4.78 is 11.4. The molecule has 1 N–H and O–H groups in total. The van der Waals surface area contributed by atoms with Crippen molar-refractivity contribution in [3.8, 4) is 17.4 Å². The average Bonchev–Trinajstić information content (AvgIpc) is 3.44. The first kappa shape index (κ1) is 19.2. The second-order valence-corrected chi connectivity index (χ2v) is 6.98. The minimum atomic E-state index is -0.0805. The van der Waals surface area contributed by atoms with Crippen LogP contribution in [0.1, 0.15) is 32.4 Å². The Hall–Kier alpha value is -2.60. The van der Waals surface area contributed by atoms with E-state index >= 15 is 0 Å². The highest BCUT2D eigenvalue weighted by molar-refractivity contribution is 6.32. The number of carbonyl (C=O) groups is 1. The minimum absolute atomic E-state index is 0.0791. The van der Waals surface area contributed by atoms with E-state index in [4.69, 9.17) is 21.1 Å². The summed E-state index contributed by atoms with van der Waals surface area (Å²) >= 11 is 6.25. The third-order valence-electron chi connectivity index (χ3n) is 3.93. The normalized spacial score (nSPS) is 14.8. The summed E-state index contributed by atoms with van der Waals surface area (Å²) in [6.07, 6.45) is 9.23. The van der Waals surface area contributed by atoms with Crippen LogP contribution < -0.4 is 14.8 Å². The van der Waals surface area contributed by atoms with Gasteiger partial charge in [-0.3, -0.25) is 4.79 Å². The Bertz CT molecular complexity index is 820. The molecule has 0 unspecified atom stereocenters. The smallest absolute Gasteiger partial charge is 0.237 e. The number of amides is 1. The monoisotopic (exact) mass is 387 g/mol. The Morgan fingerprint density at radius 2 is 2.19 bits per heavy atom. The van der Waals surface area contributed by atoms with Crippen LogP contribution in [0.2, 0.25) is 5.02 Å². The number of ether oxygens (including phenoxy) is 2. The van der Waals surface area contributed by atoms with Gasteiger partial charge in [0.15, 0.2) is 0 Å². The Labute approximate surface area is 163 Å². The molecule has 1 aliphatic carbocycles. The number of aromatic nitrogens is 2. The van der Waals surface area contributed by atoms with E-state index in [1.54, 1.807) is 30.5 Å². The average molecular weight is 388 g/mol. The molecule has 0 aliphatic heterocycles. The topological polar surface area (TPSA) is 73.3 Å². The van der Waals surface area contributed by atoms with Gasteiger partial charge in [-0.1, -0.05) is 17.7 Å². The van der Waals surface area contributed by atoms with Gasteiger partial charge in [-0.25, -0.2) is 9.97 Å². The van der Waals surface area contributed by atoms with Gasteiger partial charge in [0.05, 0.1) is 29.7 Å². The molecule has 1 aromatic heterocycles. The molecule has 7 heteroatoms. The predicted octanol–water partition coefficient (Wildman–Crippen LogP) is 4.25. The molecule has 1 saturated carbocycles. The lowest BCUT2D eigenvalue weighted by Crippen LogP contribution is -2.28. The molecule has 142 valence electrons. The summed E-state index contributed by atoms with van der Waals surface area (Å²) in [6, 6.07) is 5.21. The van der Waals surface area contributed by atoms with Gasteiger partial charge >= 0.3 is 0 Å². The molecule has 0 spiro atoms. The van der Waals surface area contributed by atoms with E-state index in [0.29, 0.717) is 40.6 Å². The van der Waals surface area contributed by atoms with Crippen molar-refractivity contribution in [1.82, 2.24) is 15.3 Å². The van der Waals surface area contributed by atoms with Crippen molar-refractivity contribution in [3.05, 3.63) is 47.4 Å². The van der Waals surface area contributed by atoms with Crippen molar-refractivity contribution in [2.75, 3.05) is 6.61 Å². The molecular formula is C20H22ClN3O3. The van der Waals surface area contributed by atoms with Crippen LogP contribution in [0.3, 0.4) is 0 Å². The molecule has 0 saturated heterocycles. The zero-order valence-corrected chi connectivity index (χ0v) is 16.1. The molecule has 0 radical (unpaired) electrons. The van der Waals surface area contributed by atoms with Crippen LogP contribution in [0, 0.1) is 5.92 Å². The van der Waals surface area contributed by atoms with E-state index in [1.807, 2.05) is 13.0 Å². The van der Waals surface area contributed by atoms with Gasteiger partial charge in [-0.2, -0.15) is 0 Å².